The molecule has 1 aromatic heterocycles. The SMILES string of the molecule is Cc1nc(-c2ccccc2)sc1C(=O)OCC(=O)N[C@H](C)CCc1ccccc1. The standard InChI is InChI=1S/C23H24N2O3S/c1-16(13-14-18-9-5-3-6-10-18)24-20(26)15-28-23(27)21-17(2)25-22(29-21)19-11-7-4-8-12-19/h3-12,16H,13-15H2,1-2H3,(H,24,26)/t16-/m1/s1. The Morgan fingerprint density at radius 3 is 2.41 bits per heavy atom. The summed E-state index contributed by atoms with van der Waals surface area (Å²) in [5.41, 5.74) is 2.79. The quantitative estimate of drug-likeness (QED) is 0.561. The molecule has 1 N–H and O–H groups in total. The molecule has 0 saturated heterocycles. The first kappa shape index (κ1) is 20.7. The summed E-state index contributed by atoms with van der Waals surface area (Å²) in [7, 11) is 0. The van der Waals surface area contributed by atoms with Gasteiger partial charge in [0.15, 0.2) is 6.61 Å². The lowest BCUT2D eigenvalue weighted by Crippen LogP contribution is -2.36. The van der Waals surface area contributed by atoms with Gasteiger partial charge in [0.05, 0.1) is 5.69 Å². The fourth-order valence-electron chi connectivity index (χ4n) is 2.90. The number of hydrogen-bond acceptors (Lipinski definition) is 5. The Morgan fingerprint density at radius 1 is 1.07 bits per heavy atom. The Labute approximate surface area is 174 Å². The highest BCUT2D eigenvalue weighted by molar-refractivity contribution is 7.17. The van der Waals surface area contributed by atoms with E-state index in [9.17, 15) is 9.59 Å². The summed E-state index contributed by atoms with van der Waals surface area (Å²) in [5, 5.41) is 3.63. The number of carbonyl (C=O) groups excluding carboxylic acids is 2. The zero-order valence-corrected chi connectivity index (χ0v) is 17.4. The van der Waals surface area contributed by atoms with Crippen LogP contribution in [0.25, 0.3) is 10.6 Å². The molecular formula is C23H24N2O3S. The predicted molar refractivity (Wildman–Crippen MR) is 115 cm³/mol. The van der Waals surface area contributed by atoms with Gasteiger partial charge in [0, 0.05) is 11.6 Å². The van der Waals surface area contributed by atoms with Gasteiger partial charge in [0.2, 0.25) is 0 Å². The lowest BCUT2D eigenvalue weighted by atomic mass is 10.1. The minimum atomic E-state index is -0.519. The summed E-state index contributed by atoms with van der Waals surface area (Å²) < 4.78 is 5.20. The van der Waals surface area contributed by atoms with Gasteiger partial charge in [-0.05, 0) is 32.3 Å². The van der Waals surface area contributed by atoms with E-state index in [-0.39, 0.29) is 18.6 Å². The maximum atomic E-state index is 12.4. The van der Waals surface area contributed by atoms with Crippen LogP contribution in [-0.2, 0) is 16.0 Å². The molecule has 0 radical (unpaired) electrons. The second-order valence-corrected chi connectivity index (χ2v) is 7.87. The van der Waals surface area contributed by atoms with Gasteiger partial charge in [-0.25, -0.2) is 9.78 Å². The van der Waals surface area contributed by atoms with Crippen LogP contribution in [0.3, 0.4) is 0 Å². The van der Waals surface area contributed by atoms with Crippen LogP contribution in [0.15, 0.2) is 60.7 Å². The minimum absolute atomic E-state index is 0.00349. The first-order valence-corrected chi connectivity index (χ1v) is 10.4. The number of nitrogens with zero attached hydrogens (tertiary/aromatic N) is 1. The molecule has 3 aromatic rings. The molecule has 0 fully saturated rings. The van der Waals surface area contributed by atoms with E-state index in [4.69, 9.17) is 4.74 Å². The molecule has 0 bridgehead atoms. The van der Waals surface area contributed by atoms with Crippen molar-refractivity contribution in [3.05, 3.63) is 76.8 Å². The number of esters is 1. The minimum Gasteiger partial charge on any atom is -0.451 e. The van der Waals surface area contributed by atoms with Crippen LogP contribution in [0.2, 0.25) is 0 Å². The van der Waals surface area contributed by atoms with Crippen molar-refractivity contribution in [3.8, 4) is 10.6 Å². The highest BCUT2D eigenvalue weighted by Gasteiger charge is 2.19. The molecule has 0 aliphatic carbocycles. The van der Waals surface area contributed by atoms with Gasteiger partial charge in [-0.2, -0.15) is 0 Å². The third-order valence-electron chi connectivity index (χ3n) is 4.45. The van der Waals surface area contributed by atoms with Crippen molar-refractivity contribution in [2.45, 2.75) is 32.7 Å². The van der Waals surface area contributed by atoms with Gasteiger partial charge in [-0.1, -0.05) is 60.7 Å². The van der Waals surface area contributed by atoms with Crippen LogP contribution >= 0.6 is 11.3 Å². The van der Waals surface area contributed by atoms with Crippen molar-refractivity contribution in [1.82, 2.24) is 10.3 Å². The summed E-state index contributed by atoms with van der Waals surface area (Å²) in [6.07, 6.45) is 1.70. The lowest BCUT2D eigenvalue weighted by Gasteiger charge is -2.14. The number of rotatable bonds is 8. The maximum absolute atomic E-state index is 12.4. The molecule has 0 saturated carbocycles. The largest absolute Gasteiger partial charge is 0.451 e. The fourth-order valence-corrected chi connectivity index (χ4v) is 3.87. The molecule has 0 spiro atoms. The number of aryl methyl sites for hydroxylation is 2. The Balaban J connectivity index is 1.47. The van der Waals surface area contributed by atoms with Crippen molar-refractivity contribution in [1.29, 1.82) is 0 Å². The summed E-state index contributed by atoms with van der Waals surface area (Å²) in [4.78, 5) is 29.4. The third kappa shape index (κ3) is 5.99. The van der Waals surface area contributed by atoms with E-state index in [1.165, 1.54) is 16.9 Å². The van der Waals surface area contributed by atoms with E-state index in [0.29, 0.717) is 10.6 Å². The number of benzene rings is 2. The molecule has 1 atom stereocenters. The van der Waals surface area contributed by atoms with E-state index in [0.717, 1.165) is 23.4 Å². The molecule has 1 amide bonds. The first-order valence-electron chi connectivity index (χ1n) is 9.56. The summed E-state index contributed by atoms with van der Waals surface area (Å²) in [6.45, 7) is 3.42. The molecule has 150 valence electrons. The highest BCUT2D eigenvalue weighted by atomic mass is 32.1. The van der Waals surface area contributed by atoms with E-state index in [2.05, 4.69) is 22.4 Å². The summed E-state index contributed by atoms with van der Waals surface area (Å²) in [5.74, 6) is -0.821. The molecule has 0 aliphatic heterocycles. The first-order chi connectivity index (χ1) is 14.0. The number of amides is 1. The van der Waals surface area contributed by atoms with Crippen LogP contribution in [0, 0.1) is 6.92 Å². The van der Waals surface area contributed by atoms with E-state index in [1.807, 2.05) is 55.5 Å². The van der Waals surface area contributed by atoms with Gasteiger partial charge in [0.25, 0.3) is 5.91 Å². The maximum Gasteiger partial charge on any atom is 0.350 e. The number of hydrogen-bond donors (Lipinski definition) is 1. The van der Waals surface area contributed by atoms with Gasteiger partial charge < -0.3 is 10.1 Å². The zero-order valence-electron chi connectivity index (χ0n) is 16.6. The van der Waals surface area contributed by atoms with E-state index in [1.54, 1.807) is 6.92 Å². The van der Waals surface area contributed by atoms with Crippen molar-refractivity contribution >= 4 is 23.2 Å². The average Bonchev–Trinajstić information content (AvgIpc) is 3.14. The zero-order chi connectivity index (χ0) is 20.6. The molecule has 29 heavy (non-hydrogen) atoms. The molecule has 3 rings (SSSR count). The van der Waals surface area contributed by atoms with Crippen molar-refractivity contribution in [2.75, 3.05) is 6.61 Å². The molecule has 5 nitrogen and oxygen atoms in total. The van der Waals surface area contributed by atoms with E-state index >= 15 is 0 Å². The molecular weight excluding hydrogens is 384 g/mol. The molecule has 1 heterocycles. The Morgan fingerprint density at radius 2 is 1.72 bits per heavy atom. The van der Waals surface area contributed by atoms with Crippen LogP contribution in [0.5, 0.6) is 0 Å². The number of carbonyl (C=O) groups is 2. The molecule has 2 aromatic carbocycles. The molecule has 0 aliphatic rings. The smallest absolute Gasteiger partial charge is 0.350 e. The van der Waals surface area contributed by atoms with Gasteiger partial charge in [-0.15, -0.1) is 11.3 Å². The van der Waals surface area contributed by atoms with Crippen molar-refractivity contribution in [2.24, 2.45) is 0 Å². The Bertz CT molecular complexity index is 955. The molecule has 6 heteroatoms. The van der Waals surface area contributed by atoms with Crippen LogP contribution in [0.1, 0.15) is 34.3 Å². The Hall–Kier alpha value is -2.99. The topological polar surface area (TPSA) is 68.3 Å². The predicted octanol–water partition coefficient (Wildman–Crippen LogP) is 4.41. The van der Waals surface area contributed by atoms with E-state index < -0.39 is 5.97 Å². The number of thiazole rings is 1. The number of nitrogens with one attached hydrogen (secondary N) is 1. The second-order valence-electron chi connectivity index (χ2n) is 6.87. The van der Waals surface area contributed by atoms with Gasteiger partial charge >= 0.3 is 5.97 Å². The van der Waals surface area contributed by atoms with Crippen LogP contribution in [-0.4, -0.2) is 29.5 Å². The van der Waals surface area contributed by atoms with Gasteiger partial charge in [-0.3, -0.25) is 4.79 Å². The third-order valence-corrected chi connectivity index (χ3v) is 5.64. The van der Waals surface area contributed by atoms with Crippen LogP contribution in [0.4, 0.5) is 0 Å². The normalized spacial score (nSPS) is 11.7. The lowest BCUT2D eigenvalue weighted by molar-refractivity contribution is -0.124. The number of ether oxygens (including phenoxy) is 1. The Kier molecular flexibility index (Phi) is 7.14. The fraction of sp³-hybridized carbons (Fsp3) is 0.261. The summed E-state index contributed by atoms with van der Waals surface area (Å²) >= 11 is 1.27. The number of aromatic nitrogens is 1. The van der Waals surface area contributed by atoms with Crippen molar-refractivity contribution < 1.29 is 14.3 Å². The molecule has 0 unspecified atom stereocenters. The second kappa shape index (κ2) is 9.98. The van der Waals surface area contributed by atoms with Gasteiger partial charge in [0.1, 0.15) is 9.88 Å². The van der Waals surface area contributed by atoms with Crippen LogP contribution < -0.4 is 5.32 Å². The summed E-state index contributed by atoms with van der Waals surface area (Å²) in [6, 6.07) is 19.8. The monoisotopic (exact) mass is 408 g/mol. The average molecular weight is 409 g/mol. The highest BCUT2D eigenvalue weighted by Crippen LogP contribution is 2.28. The van der Waals surface area contributed by atoms with Crippen molar-refractivity contribution in [3.63, 3.8) is 0 Å².